The molecule has 28 heavy (non-hydrogen) atoms. The van der Waals surface area contributed by atoms with Crippen molar-refractivity contribution in [3.63, 3.8) is 0 Å². The SMILES string of the molecule is O=C(Nc1ccc(F)c(F)c1)c1nc(C(=O)NC2CCCC2)n2c1CCCC2. The summed E-state index contributed by atoms with van der Waals surface area (Å²) in [5.41, 5.74) is 1.02. The first-order valence-corrected chi connectivity index (χ1v) is 9.69. The second-order valence-corrected chi connectivity index (χ2v) is 7.38. The number of hydrogen-bond donors (Lipinski definition) is 2. The molecule has 1 aromatic carbocycles. The normalized spacial score (nSPS) is 16.6. The number of halogens is 2. The number of carbonyl (C=O) groups is 2. The van der Waals surface area contributed by atoms with Gasteiger partial charge in [-0.15, -0.1) is 0 Å². The van der Waals surface area contributed by atoms with Crippen LogP contribution in [0.2, 0.25) is 0 Å². The van der Waals surface area contributed by atoms with E-state index < -0.39 is 17.5 Å². The van der Waals surface area contributed by atoms with Gasteiger partial charge in [0.25, 0.3) is 11.8 Å². The third-order valence-electron chi connectivity index (χ3n) is 5.40. The maximum Gasteiger partial charge on any atom is 0.287 e. The molecule has 1 aliphatic heterocycles. The van der Waals surface area contributed by atoms with E-state index in [1.807, 2.05) is 4.57 Å². The highest BCUT2D eigenvalue weighted by atomic mass is 19.2. The second-order valence-electron chi connectivity index (χ2n) is 7.38. The van der Waals surface area contributed by atoms with E-state index in [0.717, 1.165) is 50.7 Å². The lowest BCUT2D eigenvalue weighted by molar-refractivity contribution is 0.0921. The number of anilines is 1. The molecule has 0 saturated heterocycles. The maximum absolute atomic E-state index is 13.4. The topological polar surface area (TPSA) is 76.0 Å². The average Bonchev–Trinajstić information content (AvgIpc) is 3.32. The summed E-state index contributed by atoms with van der Waals surface area (Å²) in [6.07, 6.45) is 6.59. The Morgan fingerprint density at radius 1 is 1.04 bits per heavy atom. The number of nitrogens with zero attached hydrogens (tertiary/aromatic N) is 2. The Morgan fingerprint density at radius 3 is 2.57 bits per heavy atom. The molecule has 2 amide bonds. The molecule has 4 rings (SSSR count). The molecule has 0 unspecified atom stereocenters. The Kier molecular flexibility index (Phi) is 5.11. The first kappa shape index (κ1) is 18.6. The third kappa shape index (κ3) is 3.63. The Hall–Kier alpha value is -2.77. The van der Waals surface area contributed by atoms with Gasteiger partial charge in [0.15, 0.2) is 23.2 Å². The van der Waals surface area contributed by atoms with Crippen LogP contribution in [0.3, 0.4) is 0 Å². The van der Waals surface area contributed by atoms with Crippen LogP contribution in [0, 0.1) is 11.6 Å². The number of rotatable bonds is 4. The minimum atomic E-state index is -1.04. The highest BCUT2D eigenvalue weighted by Gasteiger charge is 2.29. The van der Waals surface area contributed by atoms with Gasteiger partial charge < -0.3 is 15.2 Å². The number of amides is 2. The lowest BCUT2D eigenvalue weighted by atomic mass is 10.1. The predicted molar refractivity (Wildman–Crippen MR) is 99.2 cm³/mol. The zero-order valence-electron chi connectivity index (χ0n) is 15.4. The molecule has 2 N–H and O–H groups in total. The van der Waals surface area contributed by atoms with Crippen LogP contribution in [0.15, 0.2) is 18.2 Å². The van der Waals surface area contributed by atoms with Crippen molar-refractivity contribution in [2.75, 3.05) is 5.32 Å². The van der Waals surface area contributed by atoms with E-state index in [-0.39, 0.29) is 29.2 Å². The summed E-state index contributed by atoms with van der Waals surface area (Å²) >= 11 is 0. The van der Waals surface area contributed by atoms with Gasteiger partial charge in [-0.3, -0.25) is 9.59 Å². The first-order valence-electron chi connectivity index (χ1n) is 9.69. The summed E-state index contributed by atoms with van der Waals surface area (Å²) < 4.78 is 28.3. The van der Waals surface area contributed by atoms with Crippen molar-refractivity contribution in [3.8, 4) is 0 Å². The quantitative estimate of drug-likeness (QED) is 0.843. The molecule has 6 nitrogen and oxygen atoms in total. The van der Waals surface area contributed by atoms with Gasteiger partial charge >= 0.3 is 0 Å². The summed E-state index contributed by atoms with van der Waals surface area (Å²) in [6.45, 7) is 0.633. The van der Waals surface area contributed by atoms with Crippen molar-refractivity contribution in [2.24, 2.45) is 0 Å². The van der Waals surface area contributed by atoms with Gasteiger partial charge in [0.2, 0.25) is 0 Å². The molecular formula is C20H22F2N4O2. The van der Waals surface area contributed by atoms with Crippen LogP contribution in [0.4, 0.5) is 14.5 Å². The smallest absolute Gasteiger partial charge is 0.287 e. The number of imidazole rings is 1. The summed E-state index contributed by atoms with van der Waals surface area (Å²) in [6, 6.07) is 3.31. The lowest BCUT2D eigenvalue weighted by Gasteiger charge is -2.18. The van der Waals surface area contributed by atoms with Crippen molar-refractivity contribution in [1.29, 1.82) is 0 Å². The second kappa shape index (κ2) is 7.69. The summed E-state index contributed by atoms with van der Waals surface area (Å²) in [7, 11) is 0. The van der Waals surface area contributed by atoms with Crippen molar-refractivity contribution in [3.05, 3.63) is 47.0 Å². The molecule has 0 spiro atoms. The Balaban J connectivity index is 1.59. The molecule has 1 aliphatic carbocycles. The lowest BCUT2D eigenvalue weighted by Crippen LogP contribution is -2.35. The van der Waals surface area contributed by atoms with Crippen LogP contribution >= 0.6 is 0 Å². The van der Waals surface area contributed by atoms with Gasteiger partial charge in [0, 0.05) is 24.3 Å². The van der Waals surface area contributed by atoms with Crippen LogP contribution < -0.4 is 10.6 Å². The minimum Gasteiger partial charge on any atom is -0.347 e. The number of carbonyl (C=O) groups excluding carboxylic acids is 2. The van der Waals surface area contributed by atoms with Crippen LogP contribution in [0.1, 0.15) is 65.3 Å². The van der Waals surface area contributed by atoms with Crippen LogP contribution in [0.25, 0.3) is 0 Å². The van der Waals surface area contributed by atoms with E-state index in [1.54, 1.807) is 0 Å². The minimum absolute atomic E-state index is 0.137. The van der Waals surface area contributed by atoms with Gasteiger partial charge in [0.05, 0.1) is 5.69 Å². The average molecular weight is 388 g/mol. The number of aromatic nitrogens is 2. The molecule has 2 aliphatic rings. The number of nitrogens with one attached hydrogen (secondary N) is 2. The van der Waals surface area contributed by atoms with Gasteiger partial charge in [-0.2, -0.15) is 0 Å². The van der Waals surface area contributed by atoms with Gasteiger partial charge in [-0.05, 0) is 44.2 Å². The zero-order valence-corrected chi connectivity index (χ0v) is 15.4. The number of hydrogen-bond acceptors (Lipinski definition) is 3. The number of fused-ring (bicyclic) bond motifs is 1. The molecular weight excluding hydrogens is 366 g/mol. The molecule has 0 bridgehead atoms. The summed E-state index contributed by atoms with van der Waals surface area (Å²) in [5.74, 6) is -2.57. The van der Waals surface area contributed by atoms with Gasteiger partial charge in [-0.1, -0.05) is 12.8 Å². The molecule has 2 aromatic rings. The van der Waals surface area contributed by atoms with Crippen LogP contribution in [-0.2, 0) is 13.0 Å². The molecule has 1 aromatic heterocycles. The van der Waals surface area contributed by atoms with Gasteiger partial charge in [-0.25, -0.2) is 13.8 Å². The van der Waals surface area contributed by atoms with E-state index in [9.17, 15) is 18.4 Å². The Morgan fingerprint density at radius 2 is 1.82 bits per heavy atom. The zero-order chi connectivity index (χ0) is 19.7. The molecule has 8 heteroatoms. The van der Waals surface area contributed by atoms with E-state index in [2.05, 4.69) is 15.6 Å². The molecule has 1 fully saturated rings. The predicted octanol–water partition coefficient (Wildman–Crippen LogP) is 3.42. The van der Waals surface area contributed by atoms with Crippen molar-refractivity contribution >= 4 is 17.5 Å². The maximum atomic E-state index is 13.4. The molecule has 0 radical (unpaired) electrons. The summed E-state index contributed by atoms with van der Waals surface area (Å²) in [4.78, 5) is 29.8. The highest BCUT2D eigenvalue weighted by Crippen LogP contribution is 2.24. The van der Waals surface area contributed by atoms with Gasteiger partial charge in [0.1, 0.15) is 0 Å². The molecule has 2 heterocycles. The fraction of sp³-hybridized carbons (Fsp3) is 0.450. The van der Waals surface area contributed by atoms with Crippen molar-refractivity contribution in [1.82, 2.24) is 14.9 Å². The first-order chi connectivity index (χ1) is 13.5. The van der Waals surface area contributed by atoms with E-state index in [4.69, 9.17) is 0 Å². The fourth-order valence-electron chi connectivity index (χ4n) is 3.98. The van der Waals surface area contributed by atoms with Crippen LogP contribution in [-0.4, -0.2) is 27.4 Å². The van der Waals surface area contributed by atoms with E-state index in [1.165, 1.54) is 6.07 Å². The monoisotopic (exact) mass is 388 g/mol. The van der Waals surface area contributed by atoms with Crippen molar-refractivity contribution < 1.29 is 18.4 Å². The van der Waals surface area contributed by atoms with E-state index in [0.29, 0.717) is 18.7 Å². The molecule has 0 atom stereocenters. The number of benzene rings is 1. The Labute approximate surface area is 161 Å². The summed E-state index contributed by atoms with van der Waals surface area (Å²) in [5, 5.41) is 5.56. The third-order valence-corrected chi connectivity index (χ3v) is 5.40. The standard InChI is InChI=1S/C20H22F2N4O2/c21-14-9-8-13(11-15(14)22)24-19(27)17-16-7-3-4-10-26(16)18(25-17)20(28)23-12-5-1-2-6-12/h8-9,11-12H,1-7,10H2,(H,23,28)(H,24,27). The Bertz CT molecular complexity index is 919. The van der Waals surface area contributed by atoms with Crippen LogP contribution in [0.5, 0.6) is 0 Å². The fourth-order valence-corrected chi connectivity index (χ4v) is 3.98. The largest absolute Gasteiger partial charge is 0.347 e. The molecule has 1 saturated carbocycles. The highest BCUT2D eigenvalue weighted by molar-refractivity contribution is 6.05. The van der Waals surface area contributed by atoms with E-state index >= 15 is 0 Å². The van der Waals surface area contributed by atoms with Crippen molar-refractivity contribution in [2.45, 2.75) is 57.5 Å². The molecule has 148 valence electrons.